The van der Waals surface area contributed by atoms with E-state index in [0.717, 1.165) is 61.4 Å². The van der Waals surface area contributed by atoms with Gasteiger partial charge < -0.3 is 4.74 Å². The first-order valence-corrected chi connectivity index (χ1v) is 14.3. The quantitative estimate of drug-likeness (QED) is 0.205. The fourth-order valence-corrected chi connectivity index (χ4v) is 6.67. The average molecular weight is 583 g/mol. The van der Waals surface area contributed by atoms with Gasteiger partial charge in [-0.1, -0.05) is 59.6 Å². The highest BCUT2D eigenvalue weighted by molar-refractivity contribution is 9.10. The van der Waals surface area contributed by atoms with Gasteiger partial charge in [-0.15, -0.1) is 11.3 Å². The van der Waals surface area contributed by atoms with E-state index in [1.54, 1.807) is 29.8 Å². The number of fused-ring (bicyclic) bond motifs is 3. The molecule has 6 rings (SSSR count). The molecule has 188 valence electrons. The lowest BCUT2D eigenvalue weighted by Gasteiger charge is -2.23. The Morgan fingerprint density at radius 1 is 1.08 bits per heavy atom. The molecule has 1 aliphatic rings. The molecule has 1 fully saturated rings. The Labute approximate surface area is 233 Å². The van der Waals surface area contributed by atoms with Crippen LogP contribution in [0.5, 0.6) is 5.75 Å². The van der Waals surface area contributed by atoms with Crippen LogP contribution < -0.4 is 10.3 Å². The summed E-state index contributed by atoms with van der Waals surface area (Å²) in [6, 6.07) is 17.8. The number of aromatic nitrogens is 3. The van der Waals surface area contributed by atoms with Crippen molar-refractivity contribution in [3.8, 4) is 23.1 Å². The van der Waals surface area contributed by atoms with Gasteiger partial charge in [0.2, 0.25) is 0 Å². The number of hydrogen-bond donors (Lipinski definition) is 0. The number of benzene rings is 2. The fourth-order valence-electron chi connectivity index (χ4n) is 5.14. The minimum Gasteiger partial charge on any atom is -0.490 e. The molecule has 0 saturated carbocycles. The van der Waals surface area contributed by atoms with Crippen molar-refractivity contribution in [2.75, 3.05) is 6.61 Å². The molecule has 3 aromatic heterocycles. The summed E-state index contributed by atoms with van der Waals surface area (Å²) in [6.07, 6.45) is 7.40. The van der Waals surface area contributed by atoms with Crippen LogP contribution in [0.2, 0.25) is 12.6 Å². The highest BCUT2D eigenvalue weighted by atomic mass is 79.9. The lowest BCUT2D eigenvalue weighted by atomic mass is 9.42. The summed E-state index contributed by atoms with van der Waals surface area (Å²) in [5.74, 6) is 4.13. The Morgan fingerprint density at radius 3 is 2.68 bits per heavy atom. The SMILES string of the molecule is N#CB1CCC(COc2cnc(-c3cccc(Cn4c(=O)ccc5c6cc(Br)ccc6sc54)c3)nc2)CC1. The van der Waals surface area contributed by atoms with Crippen molar-refractivity contribution in [1.29, 1.82) is 5.26 Å². The third kappa shape index (κ3) is 5.11. The number of thiophene rings is 1. The van der Waals surface area contributed by atoms with Crippen molar-refractivity contribution >= 4 is 54.3 Å². The summed E-state index contributed by atoms with van der Waals surface area (Å²) in [5, 5.41) is 11.3. The highest BCUT2D eigenvalue weighted by Gasteiger charge is 2.24. The number of nitrogens with zero attached hydrogens (tertiary/aromatic N) is 4. The van der Waals surface area contributed by atoms with Gasteiger partial charge in [0.25, 0.3) is 12.3 Å². The average Bonchev–Trinajstić information content (AvgIpc) is 3.32. The molecule has 0 amide bonds. The molecular weight excluding hydrogens is 559 g/mol. The van der Waals surface area contributed by atoms with Crippen LogP contribution in [-0.4, -0.2) is 27.9 Å². The number of halogens is 1. The number of pyridine rings is 1. The topological polar surface area (TPSA) is 80.8 Å². The Balaban J connectivity index is 1.19. The maximum absolute atomic E-state index is 12.9. The Kier molecular flexibility index (Phi) is 7.01. The second-order valence-electron chi connectivity index (χ2n) is 9.82. The summed E-state index contributed by atoms with van der Waals surface area (Å²) in [4.78, 5) is 22.9. The second-order valence-corrected chi connectivity index (χ2v) is 11.8. The number of hydrogen-bond acceptors (Lipinski definition) is 6. The predicted octanol–water partition coefficient (Wildman–Crippen LogP) is 6.83. The monoisotopic (exact) mass is 582 g/mol. The minimum atomic E-state index is -0.0209. The van der Waals surface area contributed by atoms with Crippen LogP contribution in [-0.2, 0) is 6.54 Å². The molecule has 1 aliphatic heterocycles. The molecule has 6 nitrogen and oxygen atoms in total. The first-order chi connectivity index (χ1) is 18.6. The summed E-state index contributed by atoms with van der Waals surface area (Å²) in [5.41, 5.74) is 1.88. The van der Waals surface area contributed by atoms with E-state index in [1.807, 2.05) is 41.0 Å². The van der Waals surface area contributed by atoms with E-state index in [4.69, 9.17) is 10.00 Å². The molecule has 9 heteroatoms. The van der Waals surface area contributed by atoms with Gasteiger partial charge in [-0.25, -0.2) is 15.2 Å². The van der Waals surface area contributed by atoms with Crippen LogP contribution in [0.15, 0.2) is 76.3 Å². The molecular formula is C29H24BBrN4O2S. The van der Waals surface area contributed by atoms with E-state index < -0.39 is 0 Å². The largest absolute Gasteiger partial charge is 0.490 e. The zero-order chi connectivity index (χ0) is 26.1. The maximum Gasteiger partial charge on any atom is 0.267 e. The predicted molar refractivity (Wildman–Crippen MR) is 157 cm³/mol. The summed E-state index contributed by atoms with van der Waals surface area (Å²) in [6.45, 7) is 1.29. The maximum atomic E-state index is 12.9. The Bertz CT molecular complexity index is 1720. The van der Waals surface area contributed by atoms with Gasteiger partial charge in [0.1, 0.15) is 4.83 Å². The summed E-state index contributed by atoms with van der Waals surface area (Å²) in [7, 11) is 0. The van der Waals surface area contributed by atoms with E-state index in [0.29, 0.717) is 30.6 Å². The molecule has 0 radical (unpaired) electrons. The van der Waals surface area contributed by atoms with Crippen LogP contribution in [0.4, 0.5) is 0 Å². The number of ether oxygens (including phenoxy) is 1. The fraction of sp³-hybridized carbons (Fsp3) is 0.241. The summed E-state index contributed by atoms with van der Waals surface area (Å²) < 4.78 is 9.97. The lowest BCUT2D eigenvalue weighted by Crippen LogP contribution is -2.23. The molecule has 0 aliphatic carbocycles. The Morgan fingerprint density at radius 2 is 1.89 bits per heavy atom. The van der Waals surface area contributed by atoms with Crippen LogP contribution in [0.25, 0.3) is 31.7 Å². The molecule has 0 N–H and O–H groups in total. The van der Waals surface area contributed by atoms with Gasteiger partial charge in [0.15, 0.2) is 11.6 Å². The van der Waals surface area contributed by atoms with E-state index in [-0.39, 0.29) is 12.3 Å². The van der Waals surface area contributed by atoms with E-state index in [2.05, 4.69) is 44.0 Å². The van der Waals surface area contributed by atoms with Crippen molar-refractivity contribution in [2.45, 2.75) is 32.0 Å². The molecule has 0 unspecified atom stereocenters. The third-order valence-electron chi connectivity index (χ3n) is 7.24. The first-order valence-electron chi connectivity index (χ1n) is 12.7. The van der Waals surface area contributed by atoms with Gasteiger partial charge in [-0.2, -0.15) is 0 Å². The van der Waals surface area contributed by atoms with Crippen molar-refractivity contribution in [3.05, 3.63) is 87.4 Å². The van der Waals surface area contributed by atoms with Gasteiger partial charge in [0.05, 0.1) is 25.5 Å². The van der Waals surface area contributed by atoms with Crippen LogP contribution in [0.3, 0.4) is 0 Å². The van der Waals surface area contributed by atoms with Gasteiger partial charge in [0, 0.05) is 37.5 Å². The lowest BCUT2D eigenvalue weighted by molar-refractivity contribution is 0.235. The van der Waals surface area contributed by atoms with Crippen molar-refractivity contribution in [3.63, 3.8) is 0 Å². The van der Waals surface area contributed by atoms with Crippen molar-refractivity contribution in [1.82, 2.24) is 14.5 Å². The van der Waals surface area contributed by atoms with Gasteiger partial charge in [-0.3, -0.25) is 9.36 Å². The zero-order valence-corrected chi connectivity index (χ0v) is 23.0. The zero-order valence-electron chi connectivity index (χ0n) is 20.6. The Hall–Kier alpha value is -3.48. The third-order valence-corrected chi connectivity index (χ3v) is 8.94. The smallest absolute Gasteiger partial charge is 0.267 e. The van der Waals surface area contributed by atoms with Gasteiger partial charge in [-0.05, 0) is 41.8 Å². The van der Waals surface area contributed by atoms with E-state index in [1.165, 1.54) is 0 Å². The molecule has 0 bridgehead atoms. The van der Waals surface area contributed by atoms with Crippen molar-refractivity contribution in [2.24, 2.45) is 5.92 Å². The highest BCUT2D eigenvalue weighted by Crippen LogP contribution is 2.35. The molecule has 4 heterocycles. The molecule has 1 saturated heterocycles. The first kappa shape index (κ1) is 24.8. The standard InChI is InChI=1S/C29H24BBrN4O2S/c31-22-4-6-26-25(13-22)24-5-7-27(36)35(29(24)38-26)16-20-2-1-3-21(12-20)28-33-14-23(15-34-28)37-17-19-8-10-30(18-32)11-9-19/h1-7,12-15,19H,8-11,16-17H2. The second kappa shape index (κ2) is 10.7. The van der Waals surface area contributed by atoms with Gasteiger partial charge >= 0.3 is 0 Å². The van der Waals surface area contributed by atoms with E-state index >= 15 is 0 Å². The normalized spacial score (nSPS) is 14.2. The minimum absolute atomic E-state index is 0.0209. The van der Waals surface area contributed by atoms with Crippen molar-refractivity contribution < 1.29 is 4.74 Å². The molecule has 0 spiro atoms. The summed E-state index contributed by atoms with van der Waals surface area (Å²) >= 11 is 5.20. The number of rotatable bonds is 6. The molecule has 0 atom stereocenters. The number of nitriles is 1. The molecule has 5 aromatic rings. The van der Waals surface area contributed by atoms with Crippen LogP contribution in [0.1, 0.15) is 18.4 Å². The van der Waals surface area contributed by atoms with Crippen LogP contribution >= 0.6 is 27.3 Å². The van der Waals surface area contributed by atoms with E-state index in [9.17, 15) is 4.79 Å². The molecule has 2 aromatic carbocycles. The van der Waals surface area contributed by atoms with Crippen LogP contribution in [0, 0.1) is 17.1 Å². The molecule has 38 heavy (non-hydrogen) atoms.